The quantitative estimate of drug-likeness (QED) is 0.716. The molecule has 0 aliphatic carbocycles. The molecule has 0 amide bonds. The lowest BCUT2D eigenvalue weighted by Crippen LogP contribution is -2.62. The number of anilines is 1. The fourth-order valence-corrected chi connectivity index (χ4v) is 5.03. The Labute approximate surface area is 176 Å². The molecule has 8 heteroatoms. The van der Waals surface area contributed by atoms with Gasteiger partial charge in [0.25, 0.3) is 0 Å². The Morgan fingerprint density at radius 3 is 2.60 bits per heavy atom. The molecule has 3 aromatic rings. The van der Waals surface area contributed by atoms with Crippen LogP contribution in [0.2, 0.25) is 0 Å². The van der Waals surface area contributed by atoms with Gasteiger partial charge in [0, 0.05) is 57.2 Å². The zero-order valence-electron chi connectivity index (χ0n) is 18.3. The summed E-state index contributed by atoms with van der Waals surface area (Å²) >= 11 is 0. The molecule has 3 saturated heterocycles. The van der Waals surface area contributed by atoms with E-state index < -0.39 is 0 Å². The summed E-state index contributed by atoms with van der Waals surface area (Å²) < 4.78 is 3.55. The summed E-state index contributed by atoms with van der Waals surface area (Å²) in [7, 11) is 1.83. The average molecular weight is 410 g/mol. The van der Waals surface area contributed by atoms with Gasteiger partial charge >= 0.3 is 5.69 Å². The highest BCUT2D eigenvalue weighted by Gasteiger charge is 2.39. The average Bonchev–Trinajstić information content (AvgIpc) is 3.30. The number of piperazine rings is 1. The normalized spacial score (nSPS) is 22.3. The van der Waals surface area contributed by atoms with E-state index in [9.17, 15) is 4.79 Å². The second kappa shape index (κ2) is 6.97. The minimum Gasteiger partial charge on any atom is -0.351 e. The van der Waals surface area contributed by atoms with Crippen molar-refractivity contribution in [3.05, 3.63) is 40.6 Å². The number of imidazole rings is 1. The SMILES string of the molecule is Cn1c(=O)n(CC(C)(C)C)c2ccc(N3CC4CCC3CN4Cc3ccn[nH]3)nc21. The first-order chi connectivity index (χ1) is 14.3. The molecule has 0 radical (unpaired) electrons. The number of piperidine rings is 2. The van der Waals surface area contributed by atoms with Crippen molar-refractivity contribution in [1.29, 1.82) is 0 Å². The lowest BCUT2D eigenvalue weighted by Gasteiger charge is -2.52. The summed E-state index contributed by atoms with van der Waals surface area (Å²) in [5.74, 6) is 0.988. The van der Waals surface area contributed by atoms with Gasteiger partial charge in [-0.05, 0) is 36.5 Å². The highest BCUT2D eigenvalue weighted by molar-refractivity contribution is 5.74. The van der Waals surface area contributed by atoms with Gasteiger partial charge in [-0.2, -0.15) is 5.10 Å². The zero-order valence-corrected chi connectivity index (χ0v) is 18.3. The van der Waals surface area contributed by atoms with Gasteiger partial charge in [0.2, 0.25) is 0 Å². The summed E-state index contributed by atoms with van der Waals surface area (Å²) in [6.07, 6.45) is 4.23. The van der Waals surface area contributed by atoms with Gasteiger partial charge < -0.3 is 4.90 Å². The van der Waals surface area contributed by atoms with Crippen molar-refractivity contribution >= 4 is 17.0 Å². The molecule has 3 fully saturated rings. The van der Waals surface area contributed by atoms with E-state index in [1.54, 1.807) is 4.57 Å². The predicted molar refractivity (Wildman–Crippen MR) is 118 cm³/mol. The Morgan fingerprint density at radius 1 is 1.13 bits per heavy atom. The number of aromatic nitrogens is 5. The van der Waals surface area contributed by atoms with Gasteiger partial charge in [-0.1, -0.05) is 20.8 Å². The van der Waals surface area contributed by atoms with Crippen LogP contribution in [0.4, 0.5) is 5.82 Å². The Morgan fingerprint density at radius 2 is 1.93 bits per heavy atom. The largest absolute Gasteiger partial charge is 0.351 e. The Hall–Kier alpha value is -2.61. The molecule has 2 unspecified atom stereocenters. The summed E-state index contributed by atoms with van der Waals surface area (Å²) in [5.41, 5.74) is 2.90. The topological polar surface area (TPSA) is 75.0 Å². The molecule has 30 heavy (non-hydrogen) atoms. The fraction of sp³-hybridized carbons (Fsp3) is 0.591. The van der Waals surface area contributed by atoms with Crippen LogP contribution >= 0.6 is 0 Å². The van der Waals surface area contributed by atoms with E-state index in [1.807, 2.05) is 17.8 Å². The van der Waals surface area contributed by atoms with Gasteiger partial charge in [0.05, 0.1) is 5.52 Å². The molecule has 3 aliphatic rings. The van der Waals surface area contributed by atoms with Crippen LogP contribution in [-0.2, 0) is 20.1 Å². The van der Waals surface area contributed by atoms with Gasteiger partial charge in [-0.3, -0.25) is 19.1 Å². The number of hydrogen-bond acceptors (Lipinski definition) is 5. The second-order valence-electron chi connectivity index (χ2n) is 10.0. The van der Waals surface area contributed by atoms with Crippen molar-refractivity contribution in [3.8, 4) is 0 Å². The summed E-state index contributed by atoms with van der Waals surface area (Å²) in [6.45, 7) is 10.1. The summed E-state index contributed by atoms with van der Waals surface area (Å²) in [5, 5.41) is 7.16. The number of rotatable bonds is 4. The number of hydrogen-bond donors (Lipinski definition) is 1. The van der Waals surface area contributed by atoms with Gasteiger partial charge in [0.1, 0.15) is 5.82 Å². The standard InChI is InChI=1S/C22H31N7O/c1-22(2,3)14-29-18-7-8-19(24-20(18)26(4)21(29)30)28-13-16-5-6-17(28)12-27(16)11-15-9-10-23-25-15/h7-10,16-17H,5-6,11-14H2,1-4H3,(H,23,25). The third-order valence-corrected chi connectivity index (χ3v) is 6.47. The van der Waals surface area contributed by atoms with Crippen LogP contribution in [-0.4, -0.2) is 54.4 Å². The van der Waals surface area contributed by atoms with Crippen molar-refractivity contribution in [2.75, 3.05) is 18.0 Å². The van der Waals surface area contributed by atoms with Crippen LogP contribution < -0.4 is 10.6 Å². The number of pyridine rings is 1. The van der Waals surface area contributed by atoms with Crippen molar-refractivity contribution < 1.29 is 0 Å². The molecule has 160 valence electrons. The minimum absolute atomic E-state index is 0.00970. The van der Waals surface area contributed by atoms with E-state index in [-0.39, 0.29) is 11.1 Å². The maximum Gasteiger partial charge on any atom is 0.330 e. The summed E-state index contributed by atoms with van der Waals surface area (Å²) in [6, 6.07) is 7.20. The molecule has 1 N–H and O–H groups in total. The Kier molecular flexibility index (Phi) is 4.50. The highest BCUT2D eigenvalue weighted by atomic mass is 16.1. The number of aryl methyl sites for hydroxylation is 1. The van der Waals surface area contributed by atoms with E-state index in [1.165, 1.54) is 18.5 Å². The van der Waals surface area contributed by atoms with E-state index in [4.69, 9.17) is 4.98 Å². The van der Waals surface area contributed by atoms with Gasteiger partial charge in [-0.15, -0.1) is 0 Å². The van der Waals surface area contributed by atoms with Gasteiger partial charge in [0.15, 0.2) is 5.65 Å². The second-order valence-corrected chi connectivity index (χ2v) is 10.0. The van der Waals surface area contributed by atoms with Crippen molar-refractivity contribution in [2.45, 2.75) is 58.8 Å². The number of H-pyrrole nitrogens is 1. The lowest BCUT2D eigenvalue weighted by atomic mass is 9.90. The molecule has 8 nitrogen and oxygen atoms in total. The van der Waals surface area contributed by atoms with Crippen LogP contribution in [0, 0.1) is 5.41 Å². The zero-order chi connectivity index (χ0) is 21.0. The molecule has 0 spiro atoms. The Bertz CT molecular complexity index is 1110. The smallest absolute Gasteiger partial charge is 0.330 e. The molecular weight excluding hydrogens is 378 g/mol. The fourth-order valence-electron chi connectivity index (χ4n) is 5.03. The highest BCUT2D eigenvalue weighted by Crippen LogP contribution is 2.33. The van der Waals surface area contributed by atoms with Crippen molar-refractivity contribution in [1.82, 2.24) is 29.2 Å². The summed E-state index contributed by atoms with van der Waals surface area (Å²) in [4.78, 5) is 22.8. The molecular formula is C22H31N7O. The maximum atomic E-state index is 12.8. The van der Waals surface area contributed by atoms with E-state index in [0.717, 1.165) is 36.6 Å². The van der Waals surface area contributed by atoms with E-state index in [0.29, 0.717) is 18.6 Å². The first-order valence-electron chi connectivity index (χ1n) is 10.9. The van der Waals surface area contributed by atoms with Crippen molar-refractivity contribution in [3.63, 3.8) is 0 Å². The molecule has 2 atom stereocenters. The molecule has 3 aliphatic heterocycles. The van der Waals surface area contributed by atoms with Crippen LogP contribution in [0.1, 0.15) is 39.3 Å². The molecule has 3 aromatic heterocycles. The van der Waals surface area contributed by atoms with Crippen LogP contribution in [0.25, 0.3) is 11.2 Å². The van der Waals surface area contributed by atoms with Crippen LogP contribution in [0.3, 0.4) is 0 Å². The molecule has 6 heterocycles. The Balaban J connectivity index is 1.42. The predicted octanol–water partition coefficient (Wildman–Crippen LogP) is 2.36. The van der Waals surface area contributed by atoms with Gasteiger partial charge in [-0.25, -0.2) is 9.78 Å². The van der Waals surface area contributed by atoms with E-state index >= 15 is 0 Å². The first-order valence-corrected chi connectivity index (χ1v) is 10.9. The van der Waals surface area contributed by atoms with E-state index in [2.05, 4.69) is 59.0 Å². The molecule has 0 aromatic carbocycles. The lowest BCUT2D eigenvalue weighted by molar-refractivity contribution is 0.0873. The van der Waals surface area contributed by atoms with Crippen molar-refractivity contribution in [2.24, 2.45) is 12.5 Å². The minimum atomic E-state index is 0.00970. The first kappa shape index (κ1) is 19.4. The number of fused-ring (bicyclic) bond motifs is 4. The maximum absolute atomic E-state index is 12.8. The molecule has 6 rings (SSSR count). The number of aromatic amines is 1. The third kappa shape index (κ3) is 3.33. The van der Waals surface area contributed by atoms with Crippen LogP contribution in [0.5, 0.6) is 0 Å². The third-order valence-electron chi connectivity index (χ3n) is 6.47. The van der Waals surface area contributed by atoms with Crippen LogP contribution in [0.15, 0.2) is 29.2 Å². The number of nitrogens with zero attached hydrogens (tertiary/aromatic N) is 6. The monoisotopic (exact) mass is 409 g/mol. The molecule has 2 bridgehead atoms. The molecule has 0 saturated carbocycles. The number of nitrogens with one attached hydrogen (secondary N) is 1.